The number of piperazine rings is 1. The maximum Gasteiger partial charge on any atom is 0.273 e. The molecule has 5 nitrogen and oxygen atoms in total. The number of rotatable bonds is 4. The lowest BCUT2D eigenvalue weighted by Crippen LogP contribution is -2.56. The number of aromatic nitrogens is 2. The van der Waals surface area contributed by atoms with E-state index in [-0.39, 0.29) is 11.9 Å². The van der Waals surface area contributed by atoms with Gasteiger partial charge in [0.1, 0.15) is 11.3 Å². The van der Waals surface area contributed by atoms with E-state index in [1.807, 2.05) is 41.8 Å². The Bertz CT molecular complexity index is 992. The summed E-state index contributed by atoms with van der Waals surface area (Å²) in [7, 11) is 0. The Morgan fingerprint density at radius 2 is 1.86 bits per heavy atom. The van der Waals surface area contributed by atoms with Gasteiger partial charge in [-0.05, 0) is 43.9 Å². The normalized spacial score (nSPS) is 20.6. The summed E-state index contributed by atoms with van der Waals surface area (Å²) in [6.45, 7) is 4.65. The van der Waals surface area contributed by atoms with Gasteiger partial charge in [0.05, 0.1) is 5.69 Å². The van der Waals surface area contributed by atoms with E-state index < -0.39 is 0 Å². The zero-order valence-corrected chi connectivity index (χ0v) is 16.3. The van der Waals surface area contributed by atoms with Crippen LogP contribution in [0.4, 0.5) is 0 Å². The molecule has 1 saturated heterocycles. The predicted octanol–water partition coefficient (Wildman–Crippen LogP) is 3.17. The van der Waals surface area contributed by atoms with E-state index in [9.17, 15) is 4.79 Å². The average Bonchev–Trinajstić information content (AvgIpc) is 3.50. The molecular formula is C23H26N4O. The van der Waals surface area contributed by atoms with Crippen molar-refractivity contribution in [3.63, 3.8) is 0 Å². The zero-order valence-electron chi connectivity index (χ0n) is 16.3. The van der Waals surface area contributed by atoms with Crippen LogP contribution in [0.2, 0.25) is 0 Å². The molecule has 0 spiro atoms. The van der Waals surface area contributed by atoms with Crippen molar-refractivity contribution < 1.29 is 4.79 Å². The van der Waals surface area contributed by atoms with E-state index in [1.165, 1.54) is 18.4 Å². The predicted molar refractivity (Wildman–Crippen MR) is 109 cm³/mol. The summed E-state index contributed by atoms with van der Waals surface area (Å²) in [4.78, 5) is 22.9. The molecule has 5 heteroatoms. The van der Waals surface area contributed by atoms with Crippen LogP contribution in [0.15, 0.2) is 54.7 Å². The number of benzene rings is 1. The number of pyridine rings is 1. The van der Waals surface area contributed by atoms with E-state index in [1.54, 1.807) is 0 Å². The largest absolute Gasteiger partial charge is 0.331 e. The highest BCUT2D eigenvalue weighted by Gasteiger charge is 2.38. The first-order chi connectivity index (χ1) is 13.7. The maximum atomic E-state index is 13.6. The third-order valence-electron chi connectivity index (χ3n) is 6.06. The second kappa shape index (κ2) is 7.06. The molecule has 1 aliphatic heterocycles. The number of hydrogen-bond donors (Lipinski definition) is 0. The van der Waals surface area contributed by atoms with E-state index >= 15 is 0 Å². The Balaban J connectivity index is 1.46. The lowest BCUT2D eigenvalue weighted by atomic mass is 10.0. The van der Waals surface area contributed by atoms with Crippen molar-refractivity contribution in [1.82, 2.24) is 19.2 Å². The van der Waals surface area contributed by atoms with Gasteiger partial charge in [0, 0.05) is 37.9 Å². The Morgan fingerprint density at radius 3 is 2.64 bits per heavy atom. The molecule has 1 aliphatic carbocycles. The van der Waals surface area contributed by atoms with E-state index in [2.05, 4.69) is 39.0 Å². The minimum absolute atomic E-state index is 0.104. The SMILES string of the molecule is Cc1nc2ccccn2c1C(=O)N1CCN(C2CC2)CC1Cc1ccccc1. The first-order valence-electron chi connectivity index (χ1n) is 10.2. The Morgan fingerprint density at radius 1 is 1.07 bits per heavy atom. The van der Waals surface area contributed by atoms with Gasteiger partial charge in [-0.2, -0.15) is 0 Å². The minimum atomic E-state index is 0.104. The topological polar surface area (TPSA) is 40.9 Å². The molecule has 3 aromatic rings. The summed E-state index contributed by atoms with van der Waals surface area (Å²) in [5, 5.41) is 0. The van der Waals surface area contributed by atoms with Crippen LogP contribution in [0.3, 0.4) is 0 Å². The van der Waals surface area contributed by atoms with Crippen LogP contribution in [-0.4, -0.2) is 56.8 Å². The van der Waals surface area contributed by atoms with Crippen molar-refractivity contribution in [2.75, 3.05) is 19.6 Å². The molecule has 2 aromatic heterocycles. The second-order valence-corrected chi connectivity index (χ2v) is 8.04. The van der Waals surface area contributed by atoms with Gasteiger partial charge in [-0.15, -0.1) is 0 Å². The molecule has 0 bridgehead atoms. The number of nitrogens with zero attached hydrogens (tertiary/aromatic N) is 4. The van der Waals surface area contributed by atoms with Crippen LogP contribution in [0.1, 0.15) is 34.6 Å². The van der Waals surface area contributed by atoms with Crippen molar-refractivity contribution in [2.45, 2.75) is 38.3 Å². The van der Waals surface area contributed by atoms with Crippen molar-refractivity contribution >= 4 is 11.6 Å². The molecule has 28 heavy (non-hydrogen) atoms. The van der Waals surface area contributed by atoms with E-state index in [0.29, 0.717) is 5.69 Å². The molecular weight excluding hydrogens is 348 g/mol. The molecule has 0 N–H and O–H groups in total. The molecule has 1 atom stereocenters. The molecule has 1 unspecified atom stereocenters. The van der Waals surface area contributed by atoms with Crippen LogP contribution in [-0.2, 0) is 6.42 Å². The molecule has 144 valence electrons. The molecule has 2 aliphatic rings. The van der Waals surface area contributed by atoms with Gasteiger partial charge in [-0.1, -0.05) is 36.4 Å². The summed E-state index contributed by atoms with van der Waals surface area (Å²) in [6.07, 6.45) is 5.44. The number of imidazole rings is 1. The molecule has 1 amide bonds. The van der Waals surface area contributed by atoms with Crippen molar-refractivity contribution in [2.24, 2.45) is 0 Å². The summed E-state index contributed by atoms with van der Waals surface area (Å²) >= 11 is 0. The summed E-state index contributed by atoms with van der Waals surface area (Å²) < 4.78 is 1.94. The van der Waals surface area contributed by atoms with Gasteiger partial charge in [-0.25, -0.2) is 4.98 Å². The molecule has 3 heterocycles. The lowest BCUT2D eigenvalue weighted by Gasteiger charge is -2.42. The Labute approximate surface area is 165 Å². The first kappa shape index (κ1) is 17.4. The smallest absolute Gasteiger partial charge is 0.273 e. The number of amides is 1. The molecule has 2 fully saturated rings. The zero-order chi connectivity index (χ0) is 19.1. The van der Waals surface area contributed by atoms with Crippen LogP contribution >= 0.6 is 0 Å². The monoisotopic (exact) mass is 374 g/mol. The van der Waals surface area contributed by atoms with E-state index in [4.69, 9.17) is 0 Å². The Kier molecular flexibility index (Phi) is 4.40. The standard InChI is InChI=1S/C23H26N4O/c1-17-22(27-12-6-5-9-21(27)24-17)23(28)26-14-13-25(19-10-11-19)16-20(26)15-18-7-3-2-4-8-18/h2-9,12,19-20H,10-11,13-16H2,1H3. The summed E-state index contributed by atoms with van der Waals surface area (Å²) in [5.74, 6) is 0.104. The van der Waals surface area contributed by atoms with E-state index in [0.717, 1.165) is 43.4 Å². The highest BCUT2D eigenvalue weighted by atomic mass is 16.2. The highest BCUT2D eigenvalue weighted by molar-refractivity contribution is 5.95. The fraction of sp³-hybridized carbons (Fsp3) is 0.391. The van der Waals surface area contributed by atoms with Gasteiger partial charge in [0.25, 0.3) is 5.91 Å². The fourth-order valence-electron chi connectivity index (χ4n) is 4.49. The quantitative estimate of drug-likeness (QED) is 0.704. The van der Waals surface area contributed by atoms with Crippen LogP contribution in [0.5, 0.6) is 0 Å². The van der Waals surface area contributed by atoms with Crippen molar-refractivity contribution in [1.29, 1.82) is 0 Å². The van der Waals surface area contributed by atoms with Gasteiger partial charge >= 0.3 is 0 Å². The summed E-state index contributed by atoms with van der Waals surface area (Å²) in [6, 6.07) is 17.3. The number of carbonyl (C=O) groups excluding carboxylic acids is 1. The van der Waals surface area contributed by atoms with Gasteiger partial charge in [0.15, 0.2) is 0 Å². The molecule has 1 aromatic carbocycles. The third kappa shape index (κ3) is 3.20. The molecule has 0 radical (unpaired) electrons. The molecule has 5 rings (SSSR count). The summed E-state index contributed by atoms with van der Waals surface area (Å²) in [5.41, 5.74) is 3.63. The van der Waals surface area contributed by atoms with Crippen LogP contribution in [0.25, 0.3) is 5.65 Å². The van der Waals surface area contributed by atoms with Gasteiger partial charge in [0.2, 0.25) is 0 Å². The van der Waals surface area contributed by atoms with Crippen molar-refractivity contribution in [3.05, 3.63) is 71.7 Å². The molecule has 1 saturated carbocycles. The maximum absolute atomic E-state index is 13.6. The lowest BCUT2D eigenvalue weighted by molar-refractivity contribution is 0.0430. The second-order valence-electron chi connectivity index (χ2n) is 8.04. The van der Waals surface area contributed by atoms with Gasteiger partial charge in [-0.3, -0.25) is 14.1 Å². The number of hydrogen-bond acceptors (Lipinski definition) is 3. The number of carbonyl (C=O) groups is 1. The number of fused-ring (bicyclic) bond motifs is 1. The van der Waals surface area contributed by atoms with Gasteiger partial charge < -0.3 is 4.90 Å². The fourth-order valence-corrected chi connectivity index (χ4v) is 4.49. The van der Waals surface area contributed by atoms with Crippen LogP contribution in [0, 0.1) is 6.92 Å². The Hall–Kier alpha value is -2.66. The minimum Gasteiger partial charge on any atom is -0.331 e. The van der Waals surface area contributed by atoms with Crippen molar-refractivity contribution in [3.8, 4) is 0 Å². The first-order valence-corrected chi connectivity index (χ1v) is 10.2. The highest BCUT2D eigenvalue weighted by Crippen LogP contribution is 2.30. The average molecular weight is 374 g/mol. The number of aryl methyl sites for hydroxylation is 1. The van der Waals surface area contributed by atoms with Crippen LogP contribution < -0.4 is 0 Å². The third-order valence-corrected chi connectivity index (χ3v) is 6.06.